The van der Waals surface area contributed by atoms with Crippen molar-refractivity contribution in [2.24, 2.45) is 10.9 Å². The van der Waals surface area contributed by atoms with Crippen LogP contribution in [0.15, 0.2) is 47.1 Å². The molecule has 0 radical (unpaired) electrons. The van der Waals surface area contributed by atoms with Crippen molar-refractivity contribution in [1.82, 2.24) is 9.88 Å². The number of likely N-dealkylation sites (N-methyl/N-ethyl adjacent to an activating group) is 1. The fourth-order valence-corrected chi connectivity index (χ4v) is 4.96. The average molecular weight is 576 g/mol. The highest BCUT2D eigenvalue weighted by Crippen LogP contribution is 2.37. The molecule has 1 aromatic heterocycles. The maximum absolute atomic E-state index is 15.0. The van der Waals surface area contributed by atoms with E-state index in [1.54, 1.807) is 12.1 Å². The fourth-order valence-electron chi connectivity index (χ4n) is 4.96. The molecular weight excluding hydrogens is 546 g/mol. The number of benzene rings is 1. The van der Waals surface area contributed by atoms with Gasteiger partial charge in [-0.15, -0.1) is 0 Å². The number of alkyl halides is 3. The number of nitrogens with one attached hydrogen (secondary N) is 1. The second-order valence-corrected chi connectivity index (χ2v) is 10.1. The molecule has 5 rings (SSSR count). The molecule has 1 N–H and O–H groups in total. The van der Waals surface area contributed by atoms with Crippen LogP contribution in [0.4, 0.5) is 28.9 Å². The maximum atomic E-state index is 15.0. The zero-order valence-electron chi connectivity index (χ0n) is 22.3. The van der Waals surface area contributed by atoms with Gasteiger partial charge in [-0.1, -0.05) is 6.07 Å². The number of anilines is 2. The Hall–Kier alpha value is -3.84. The van der Waals surface area contributed by atoms with Crippen molar-refractivity contribution in [3.63, 3.8) is 0 Å². The van der Waals surface area contributed by atoms with Crippen molar-refractivity contribution in [2.75, 3.05) is 56.7 Å². The number of halogens is 4. The molecule has 13 heteroatoms. The lowest BCUT2D eigenvalue weighted by atomic mass is 9.95. The first-order valence-electron chi connectivity index (χ1n) is 13.2. The van der Waals surface area contributed by atoms with Crippen molar-refractivity contribution >= 4 is 29.4 Å². The summed E-state index contributed by atoms with van der Waals surface area (Å²) in [4.78, 5) is 36.3. The second-order valence-electron chi connectivity index (χ2n) is 10.1. The van der Waals surface area contributed by atoms with Crippen molar-refractivity contribution in [2.45, 2.75) is 25.1 Å². The summed E-state index contributed by atoms with van der Waals surface area (Å²) in [6.45, 7) is 3.80. The monoisotopic (exact) mass is 575 g/mol. The molecule has 0 saturated carbocycles. The maximum Gasteiger partial charge on any atom is 0.414 e. The van der Waals surface area contributed by atoms with E-state index in [-0.39, 0.29) is 23.2 Å². The lowest BCUT2D eigenvalue weighted by molar-refractivity contribution is -0.124. The van der Waals surface area contributed by atoms with E-state index >= 15 is 4.39 Å². The van der Waals surface area contributed by atoms with Crippen molar-refractivity contribution in [3.05, 3.63) is 47.9 Å². The Kier molecular flexibility index (Phi) is 8.36. The number of aliphatic imine (C=N–C) groups is 1. The number of aromatic nitrogens is 1. The highest BCUT2D eigenvalue weighted by Gasteiger charge is 2.43. The molecule has 3 aliphatic rings. The molecule has 0 spiro atoms. The van der Waals surface area contributed by atoms with E-state index in [2.05, 4.69) is 20.2 Å². The predicted molar refractivity (Wildman–Crippen MR) is 144 cm³/mol. The standard InChI is InChI=1S/C28H29F4N5O4/c1-36-6-8-37(9-7-36)24-3-2-17(19-13-26(34-16-22(19)29)41-18-4-10-40-11-5-18)12-23(24)35-27(39)20-15-33-25(38)14-21(20)28(30,31)32/h2-3,12-16,18,20H,4-11H2,1H3,(H,35,39). The zero-order valence-corrected chi connectivity index (χ0v) is 22.3. The minimum atomic E-state index is -4.91. The molecule has 2 aromatic rings. The van der Waals surface area contributed by atoms with Crippen molar-refractivity contribution < 1.29 is 36.6 Å². The molecule has 41 heavy (non-hydrogen) atoms. The third-order valence-corrected chi connectivity index (χ3v) is 7.27. The van der Waals surface area contributed by atoms with E-state index in [9.17, 15) is 22.8 Å². The first-order chi connectivity index (χ1) is 19.6. The van der Waals surface area contributed by atoms with Gasteiger partial charge in [0.25, 0.3) is 5.91 Å². The van der Waals surface area contributed by atoms with E-state index in [4.69, 9.17) is 9.47 Å². The van der Waals surface area contributed by atoms with Crippen LogP contribution in [0, 0.1) is 11.7 Å². The summed E-state index contributed by atoms with van der Waals surface area (Å²) < 4.78 is 67.3. The molecule has 0 aliphatic carbocycles. The molecule has 4 heterocycles. The molecule has 0 bridgehead atoms. The smallest absolute Gasteiger partial charge is 0.414 e. The van der Waals surface area contributed by atoms with Crippen LogP contribution < -0.4 is 15.0 Å². The fraction of sp³-hybridized carbons (Fsp3) is 0.429. The summed E-state index contributed by atoms with van der Waals surface area (Å²) in [6, 6.07) is 6.37. The Morgan fingerprint density at radius 3 is 2.56 bits per heavy atom. The molecule has 9 nitrogen and oxygen atoms in total. The lowest BCUT2D eigenvalue weighted by Gasteiger charge is -2.35. The van der Waals surface area contributed by atoms with Gasteiger partial charge in [0.1, 0.15) is 17.8 Å². The summed E-state index contributed by atoms with van der Waals surface area (Å²) in [5, 5.41) is 2.59. The number of ether oxygens (including phenoxy) is 2. The van der Waals surface area contributed by atoms with E-state index < -0.39 is 35.3 Å². The van der Waals surface area contributed by atoms with E-state index in [0.717, 1.165) is 19.3 Å². The Morgan fingerprint density at radius 1 is 1.12 bits per heavy atom. The zero-order chi connectivity index (χ0) is 29.1. The summed E-state index contributed by atoms with van der Waals surface area (Å²) in [6.07, 6.45) is -1.61. The van der Waals surface area contributed by atoms with Crippen LogP contribution in [0.3, 0.4) is 0 Å². The van der Waals surface area contributed by atoms with Crippen LogP contribution >= 0.6 is 0 Å². The summed E-state index contributed by atoms with van der Waals surface area (Å²) in [5.74, 6) is -4.34. The normalized spacial score (nSPS) is 20.6. The molecule has 1 atom stereocenters. The molecule has 2 fully saturated rings. The molecule has 2 saturated heterocycles. The van der Waals surface area contributed by atoms with Gasteiger partial charge < -0.3 is 24.6 Å². The quantitative estimate of drug-likeness (QED) is 0.523. The number of carbonyl (C=O) groups excluding carboxylic acids is 2. The average Bonchev–Trinajstić information content (AvgIpc) is 2.94. The molecular formula is C28H29F4N5O4. The third-order valence-electron chi connectivity index (χ3n) is 7.27. The largest absolute Gasteiger partial charge is 0.474 e. The van der Waals surface area contributed by atoms with Gasteiger partial charge in [0, 0.05) is 62.9 Å². The third kappa shape index (κ3) is 6.73. The highest BCUT2D eigenvalue weighted by molar-refractivity contribution is 6.11. The molecule has 3 aliphatic heterocycles. The number of rotatable bonds is 6. The van der Waals surface area contributed by atoms with Gasteiger partial charge in [0.2, 0.25) is 11.8 Å². The summed E-state index contributed by atoms with van der Waals surface area (Å²) in [5.41, 5.74) is -0.00348. The first-order valence-corrected chi connectivity index (χ1v) is 13.2. The number of amides is 2. The van der Waals surface area contributed by atoms with Crippen LogP contribution in [-0.2, 0) is 14.3 Å². The Morgan fingerprint density at radius 2 is 1.85 bits per heavy atom. The van der Waals surface area contributed by atoms with Gasteiger partial charge in [-0.05, 0) is 24.7 Å². The van der Waals surface area contributed by atoms with Gasteiger partial charge in [-0.25, -0.2) is 14.4 Å². The van der Waals surface area contributed by atoms with Crippen molar-refractivity contribution in [1.29, 1.82) is 0 Å². The van der Waals surface area contributed by atoms with Gasteiger partial charge in [-0.2, -0.15) is 13.2 Å². The SMILES string of the molecule is CN1CCN(c2ccc(-c3cc(OC4CCOCC4)ncc3F)cc2NC(=O)C2C=NC(=O)C=C2C(F)(F)F)CC1. The van der Waals surface area contributed by atoms with Crippen LogP contribution in [0.25, 0.3) is 11.1 Å². The van der Waals surface area contributed by atoms with Gasteiger partial charge in [0.15, 0.2) is 0 Å². The number of pyridine rings is 1. The van der Waals surface area contributed by atoms with Gasteiger partial charge in [-0.3, -0.25) is 9.59 Å². The van der Waals surface area contributed by atoms with Crippen LogP contribution in [0.1, 0.15) is 12.8 Å². The van der Waals surface area contributed by atoms with Crippen LogP contribution in [-0.4, -0.2) is 86.6 Å². The van der Waals surface area contributed by atoms with E-state index in [1.165, 1.54) is 12.1 Å². The van der Waals surface area contributed by atoms with E-state index in [0.29, 0.717) is 62.7 Å². The minimum absolute atomic E-state index is 0.121. The second kappa shape index (κ2) is 12.0. The molecule has 1 unspecified atom stereocenters. The minimum Gasteiger partial charge on any atom is -0.474 e. The lowest BCUT2D eigenvalue weighted by Crippen LogP contribution is -2.44. The summed E-state index contributed by atoms with van der Waals surface area (Å²) in [7, 11) is 1.98. The number of piperazine rings is 1. The molecule has 1 aromatic carbocycles. The Labute approximate surface area is 233 Å². The van der Waals surface area contributed by atoms with Gasteiger partial charge >= 0.3 is 6.18 Å². The van der Waals surface area contributed by atoms with Crippen LogP contribution in [0.5, 0.6) is 5.88 Å². The Balaban J connectivity index is 1.48. The van der Waals surface area contributed by atoms with E-state index in [1.807, 2.05) is 11.9 Å². The topological polar surface area (TPSA) is 96.4 Å². The van der Waals surface area contributed by atoms with Crippen LogP contribution in [0.2, 0.25) is 0 Å². The van der Waals surface area contributed by atoms with Crippen molar-refractivity contribution in [3.8, 4) is 17.0 Å². The predicted octanol–water partition coefficient (Wildman–Crippen LogP) is 3.85. The highest BCUT2D eigenvalue weighted by atomic mass is 19.4. The first kappa shape index (κ1) is 28.7. The number of dihydropyridines is 1. The van der Waals surface area contributed by atoms with Gasteiger partial charge in [0.05, 0.1) is 36.4 Å². The molecule has 2 amide bonds. The summed E-state index contributed by atoms with van der Waals surface area (Å²) >= 11 is 0. The number of nitrogens with zero attached hydrogens (tertiary/aromatic N) is 4. The number of hydrogen-bond donors (Lipinski definition) is 1. The number of carbonyl (C=O) groups is 2. The molecule has 218 valence electrons. The number of hydrogen-bond acceptors (Lipinski definition) is 7. The Bertz CT molecular complexity index is 1370.